The van der Waals surface area contributed by atoms with Gasteiger partial charge in [-0.1, -0.05) is 71.8 Å². The maximum atomic E-state index is 14.7. The number of aliphatic hydroxyl groups excluding tert-OH is 1. The number of rotatable bonds is 16. The van der Waals surface area contributed by atoms with Crippen LogP contribution in [0, 0.1) is 11.8 Å². The zero-order valence-corrected chi connectivity index (χ0v) is 27.2. The van der Waals surface area contributed by atoms with E-state index in [0.717, 1.165) is 37.7 Å². The predicted molar refractivity (Wildman–Crippen MR) is 171 cm³/mol. The smallest absolute Gasteiger partial charge is 0.310 e. The van der Waals surface area contributed by atoms with Crippen LogP contribution in [0.1, 0.15) is 57.9 Å². The number of likely N-dealkylation sites (tertiary alicyclic amines) is 1. The molecule has 1 spiro atoms. The standard InChI is InChI=1S/C33H45BrN2O5S/c1-5-8-9-13-18-41-32(40)26-27-30(38)36(24(21-37)19-23-15-11-10-12-16-23)29(33(27)20-25(34)28(26)42-33)31(39)35(17-7-3)22(4)14-6-2/h5,7,10-12,15-16,22,24-29,37H,1,3,6,8-9,13-14,17-21H2,2,4H3/t22?,24-,25?,26-,27+,28-,29?,33?/m1/s1. The van der Waals surface area contributed by atoms with Crippen LogP contribution in [0.25, 0.3) is 0 Å². The summed E-state index contributed by atoms with van der Waals surface area (Å²) in [6, 6.07) is 8.25. The van der Waals surface area contributed by atoms with Crippen LogP contribution in [0.2, 0.25) is 0 Å². The Labute approximate surface area is 263 Å². The lowest BCUT2D eigenvalue weighted by Crippen LogP contribution is -2.59. The average molecular weight is 662 g/mol. The number of hydrogen-bond acceptors (Lipinski definition) is 6. The lowest BCUT2D eigenvalue weighted by molar-refractivity contribution is -0.154. The van der Waals surface area contributed by atoms with Crippen molar-refractivity contribution in [1.29, 1.82) is 0 Å². The minimum absolute atomic E-state index is 0.0391. The highest BCUT2D eigenvalue weighted by atomic mass is 79.9. The molecule has 3 fully saturated rings. The number of nitrogens with zero attached hydrogens (tertiary/aromatic N) is 2. The lowest BCUT2D eigenvalue weighted by atomic mass is 9.71. The maximum absolute atomic E-state index is 14.7. The number of thioether (sulfide) groups is 1. The van der Waals surface area contributed by atoms with Gasteiger partial charge in [0.15, 0.2) is 0 Å². The highest BCUT2D eigenvalue weighted by molar-refractivity contribution is 9.09. The van der Waals surface area contributed by atoms with E-state index in [1.807, 2.05) is 48.2 Å². The highest BCUT2D eigenvalue weighted by Gasteiger charge is 2.76. The molecule has 3 aliphatic rings. The topological polar surface area (TPSA) is 87.2 Å². The summed E-state index contributed by atoms with van der Waals surface area (Å²) in [7, 11) is 0. The molecule has 8 atom stereocenters. The molecule has 2 amide bonds. The number of unbranched alkanes of at least 4 members (excludes halogenated alkanes) is 2. The van der Waals surface area contributed by atoms with Gasteiger partial charge >= 0.3 is 5.97 Å². The fourth-order valence-electron chi connectivity index (χ4n) is 7.16. The van der Waals surface area contributed by atoms with E-state index in [-0.39, 0.29) is 40.5 Å². The number of fused-ring (bicyclic) bond motifs is 1. The first-order chi connectivity index (χ1) is 20.2. The van der Waals surface area contributed by atoms with E-state index in [1.54, 1.807) is 22.7 Å². The van der Waals surface area contributed by atoms with Gasteiger partial charge in [0.05, 0.1) is 35.8 Å². The van der Waals surface area contributed by atoms with Gasteiger partial charge in [0.1, 0.15) is 6.04 Å². The van der Waals surface area contributed by atoms with E-state index in [1.165, 1.54) is 0 Å². The molecule has 230 valence electrons. The Morgan fingerprint density at radius 1 is 1.26 bits per heavy atom. The van der Waals surface area contributed by atoms with E-state index in [4.69, 9.17) is 4.74 Å². The summed E-state index contributed by atoms with van der Waals surface area (Å²) >= 11 is 5.43. The van der Waals surface area contributed by atoms with Gasteiger partial charge in [-0.25, -0.2) is 0 Å². The van der Waals surface area contributed by atoms with Crippen LogP contribution in [0.15, 0.2) is 55.6 Å². The van der Waals surface area contributed by atoms with Crippen molar-refractivity contribution in [2.45, 2.75) is 91.7 Å². The van der Waals surface area contributed by atoms with Gasteiger partial charge in [0.25, 0.3) is 0 Å². The van der Waals surface area contributed by atoms with Crippen molar-refractivity contribution in [3.63, 3.8) is 0 Å². The Hall–Kier alpha value is -2.10. The highest BCUT2D eigenvalue weighted by Crippen LogP contribution is 2.68. The summed E-state index contributed by atoms with van der Waals surface area (Å²) in [5, 5.41) is 10.5. The zero-order valence-electron chi connectivity index (χ0n) is 24.8. The zero-order chi connectivity index (χ0) is 30.4. The van der Waals surface area contributed by atoms with Crippen LogP contribution in [0.5, 0.6) is 0 Å². The molecule has 3 heterocycles. The van der Waals surface area contributed by atoms with Crippen LogP contribution in [-0.2, 0) is 25.5 Å². The summed E-state index contributed by atoms with van der Waals surface area (Å²) in [6.07, 6.45) is 8.77. The number of carbonyl (C=O) groups excluding carboxylic acids is 3. The van der Waals surface area contributed by atoms with E-state index in [9.17, 15) is 19.5 Å². The largest absolute Gasteiger partial charge is 0.465 e. The molecule has 0 saturated carbocycles. The Kier molecular flexibility index (Phi) is 11.4. The molecular weight excluding hydrogens is 616 g/mol. The summed E-state index contributed by atoms with van der Waals surface area (Å²) in [6.45, 7) is 12.1. The second-order valence-corrected chi connectivity index (χ2v) is 14.5. The number of esters is 1. The molecule has 3 saturated heterocycles. The second kappa shape index (κ2) is 14.6. The minimum Gasteiger partial charge on any atom is -0.465 e. The van der Waals surface area contributed by atoms with Gasteiger partial charge in [0.2, 0.25) is 11.8 Å². The molecule has 9 heteroatoms. The molecule has 0 aromatic heterocycles. The van der Waals surface area contributed by atoms with E-state index < -0.39 is 28.7 Å². The first kappa shape index (κ1) is 32.8. The number of benzene rings is 1. The van der Waals surface area contributed by atoms with Crippen molar-refractivity contribution in [1.82, 2.24) is 9.80 Å². The van der Waals surface area contributed by atoms with E-state index in [2.05, 4.69) is 36.0 Å². The number of carbonyl (C=O) groups is 3. The molecule has 0 aliphatic carbocycles. The molecule has 7 nitrogen and oxygen atoms in total. The van der Waals surface area contributed by atoms with Crippen molar-refractivity contribution in [3.05, 3.63) is 61.2 Å². The molecular formula is C33H45BrN2O5S. The van der Waals surface area contributed by atoms with Crippen molar-refractivity contribution in [2.75, 3.05) is 19.8 Å². The van der Waals surface area contributed by atoms with Gasteiger partial charge in [-0.2, -0.15) is 0 Å². The van der Waals surface area contributed by atoms with Crippen LogP contribution in [0.3, 0.4) is 0 Å². The number of allylic oxidation sites excluding steroid dienone is 1. The summed E-state index contributed by atoms with van der Waals surface area (Å²) in [4.78, 5) is 46.4. The maximum Gasteiger partial charge on any atom is 0.310 e. The molecule has 3 aliphatic heterocycles. The third kappa shape index (κ3) is 6.25. The van der Waals surface area contributed by atoms with Gasteiger partial charge in [-0.05, 0) is 51.0 Å². The van der Waals surface area contributed by atoms with Gasteiger partial charge in [-0.3, -0.25) is 14.4 Å². The van der Waals surface area contributed by atoms with Crippen molar-refractivity contribution in [3.8, 4) is 0 Å². The quantitative estimate of drug-likeness (QED) is 0.114. The van der Waals surface area contributed by atoms with Gasteiger partial charge in [0, 0.05) is 22.7 Å². The summed E-state index contributed by atoms with van der Waals surface area (Å²) < 4.78 is 4.96. The lowest BCUT2D eigenvalue weighted by Gasteiger charge is -2.41. The molecule has 4 unspecified atom stereocenters. The van der Waals surface area contributed by atoms with Gasteiger partial charge < -0.3 is 19.6 Å². The van der Waals surface area contributed by atoms with E-state index in [0.29, 0.717) is 26.0 Å². The Balaban J connectivity index is 1.74. The molecule has 0 radical (unpaired) electrons. The molecule has 1 aromatic carbocycles. The number of ether oxygens (including phenoxy) is 1. The van der Waals surface area contributed by atoms with Crippen molar-refractivity contribution in [2.24, 2.45) is 11.8 Å². The molecule has 4 rings (SSSR count). The number of alkyl halides is 1. The SMILES string of the molecule is C=CCCCCOC(=O)[C@H]1[C@@H]2SC3(CC2Br)C(C(=O)N(CC=C)C(C)CCC)N([C@@H](CO)Cc2ccccc2)C(=O)[C@H]13. The van der Waals surface area contributed by atoms with E-state index >= 15 is 0 Å². The fraction of sp³-hybridized carbons (Fsp3) is 0.606. The predicted octanol–water partition coefficient (Wildman–Crippen LogP) is 5.16. The molecule has 42 heavy (non-hydrogen) atoms. The van der Waals surface area contributed by atoms with Crippen LogP contribution < -0.4 is 0 Å². The third-order valence-electron chi connectivity index (χ3n) is 9.05. The number of aliphatic hydroxyl groups is 1. The Morgan fingerprint density at radius 3 is 2.64 bits per heavy atom. The monoisotopic (exact) mass is 660 g/mol. The molecule has 1 aromatic rings. The first-order valence-corrected chi connectivity index (χ1v) is 17.0. The van der Waals surface area contributed by atoms with Crippen LogP contribution in [0.4, 0.5) is 0 Å². The minimum atomic E-state index is -0.810. The normalized spacial score (nSPS) is 29.2. The van der Waals surface area contributed by atoms with Crippen LogP contribution >= 0.6 is 27.7 Å². The molecule has 2 bridgehead atoms. The second-order valence-electron chi connectivity index (χ2n) is 11.8. The fourth-order valence-corrected chi connectivity index (χ4v) is 10.7. The Bertz CT molecular complexity index is 1130. The third-order valence-corrected chi connectivity index (χ3v) is 12.3. The number of hydrogen-bond donors (Lipinski definition) is 1. The van der Waals surface area contributed by atoms with Gasteiger partial charge in [-0.15, -0.1) is 24.9 Å². The average Bonchev–Trinajstić information content (AvgIpc) is 3.58. The first-order valence-electron chi connectivity index (χ1n) is 15.2. The van der Waals surface area contributed by atoms with Crippen molar-refractivity contribution >= 4 is 45.5 Å². The summed E-state index contributed by atoms with van der Waals surface area (Å²) in [5.74, 6) is -2.07. The summed E-state index contributed by atoms with van der Waals surface area (Å²) in [5.41, 5.74) is 0.971. The number of amides is 2. The Morgan fingerprint density at radius 2 is 2.00 bits per heavy atom. The number of halogens is 1. The van der Waals surface area contributed by atoms with Crippen molar-refractivity contribution < 1.29 is 24.2 Å². The molecule has 1 N–H and O–H groups in total. The van der Waals surface area contributed by atoms with Crippen LogP contribution in [-0.4, -0.2) is 85.4 Å².